The predicted octanol–water partition coefficient (Wildman–Crippen LogP) is 3.26. The molecule has 0 radical (unpaired) electrons. The number of halogens is 3. The molecule has 29 heavy (non-hydrogen) atoms. The fourth-order valence-corrected chi connectivity index (χ4v) is 3.29. The highest BCUT2D eigenvalue weighted by Gasteiger charge is 2.21. The summed E-state index contributed by atoms with van der Waals surface area (Å²) in [6.45, 7) is 3.05. The van der Waals surface area contributed by atoms with Crippen LogP contribution in [-0.2, 0) is 0 Å². The van der Waals surface area contributed by atoms with E-state index in [9.17, 15) is 13.6 Å². The molecule has 0 spiro atoms. The minimum atomic E-state index is -0.706. The van der Waals surface area contributed by atoms with Crippen LogP contribution in [0.1, 0.15) is 16.1 Å². The third-order valence-electron chi connectivity index (χ3n) is 4.69. The zero-order valence-electron chi connectivity index (χ0n) is 16.5. The third-order valence-corrected chi connectivity index (χ3v) is 4.94. The fraction of sp³-hybridized carbons (Fsp3) is 0.227. The zero-order valence-corrected chi connectivity index (χ0v) is 17.3. The van der Waals surface area contributed by atoms with Crippen LogP contribution in [0.4, 0.5) is 8.78 Å². The summed E-state index contributed by atoms with van der Waals surface area (Å²) in [5.74, 6) is -1.60. The Morgan fingerprint density at radius 2 is 1.79 bits per heavy atom. The highest BCUT2D eigenvalue weighted by molar-refractivity contribution is 6.30. The van der Waals surface area contributed by atoms with E-state index in [4.69, 9.17) is 11.6 Å². The molecule has 3 rings (SSSR count). The van der Waals surface area contributed by atoms with E-state index in [-0.39, 0.29) is 11.6 Å². The second-order valence-corrected chi connectivity index (χ2v) is 7.62. The lowest BCUT2D eigenvalue weighted by Crippen LogP contribution is -3.06. The summed E-state index contributed by atoms with van der Waals surface area (Å²) in [5.41, 5.74) is 2.55. The van der Waals surface area contributed by atoms with Crippen molar-refractivity contribution < 1.29 is 18.5 Å². The summed E-state index contributed by atoms with van der Waals surface area (Å²) < 4.78 is 29.7. The van der Waals surface area contributed by atoms with Crippen LogP contribution in [0, 0.1) is 18.6 Å². The Morgan fingerprint density at radius 1 is 1.10 bits per heavy atom. The number of nitrogens with one attached hydrogen (secondary N) is 2. The molecule has 7 heteroatoms. The van der Waals surface area contributed by atoms with Gasteiger partial charge in [0.2, 0.25) is 0 Å². The first-order valence-corrected chi connectivity index (χ1v) is 9.66. The summed E-state index contributed by atoms with van der Waals surface area (Å²) >= 11 is 5.99. The number of aromatic nitrogens is 1. The lowest BCUT2D eigenvalue weighted by molar-refractivity contribution is -0.856. The molecule has 0 bridgehead atoms. The van der Waals surface area contributed by atoms with Gasteiger partial charge >= 0.3 is 0 Å². The molecular formula is C22H23ClF2N3O+. The number of amides is 1. The van der Waals surface area contributed by atoms with E-state index in [0.717, 1.165) is 18.2 Å². The Morgan fingerprint density at radius 3 is 2.41 bits per heavy atom. The van der Waals surface area contributed by atoms with Gasteiger partial charge in [-0.3, -0.25) is 4.79 Å². The van der Waals surface area contributed by atoms with Crippen molar-refractivity contribution in [3.05, 3.63) is 76.4 Å². The highest BCUT2D eigenvalue weighted by atomic mass is 35.5. The number of quaternary nitrogens is 1. The van der Waals surface area contributed by atoms with Crippen LogP contribution < -0.4 is 10.2 Å². The van der Waals surface area contributed by atoms with E-state index < -0.39 is 11.6 Å². The number of nitrogens with zero attached hydrogens (tertiary/aromatic N) is 1. The summed E-state index contributed by atoms with van der Waals surface area (Å²) in [6.07, 6.45) is 0. The van der Waals surface area contributed by atoms with E-state index in [2.05, 4.69) is 5.32 Å². The number of carbonyl (C=O) groups is 1. The van der Waals surface area contributed by atoms with Gasteiger partial charge in [0, 0.05) is 16.8 Å². The Balaban J connectivity index is 2.10. The smallest absolute Gasteiger partial charge is 0.253 e. The minimum Gasteiger partial charge on any atom is -0.346 e. The van der Waals surface area contributed by atoms with Crippen LogP contribution in [0.25, 0.3) is 16.9 Å². The maximum atomic E-state index is 14.6. The van der Waals surface area contributed by atoms with Crippen molar-refractivity contribution in [1.82, 2.24) is 9.88 Å². The number of benzene rings is 2. The number of carbonyl (C=O) groups excluding carboxylic acids is 1. The molecule has 1 aromatic heterocycles. The largest absolute Gasteiger partial charge is 0.346 e. The maximum absolute atomic E-state index is 14.6. The van der Waals surface area contributed by atoms with E-state index in [1.165, 1.54) is 17.0 Å². The predicted molar refractivity (Wildman–Crippen MR) is 111 cm³/mol. The summed E-state index contributed by atoms with van der Waals surface area (Å²) in [4.78, 5) is 14.0. The van der Waals surface area contributed by atoms with E-state index >= 15 is 0 Å². The molecule has 3 aromatic rings. The van der Waals surface area contributed by atoms with Gasteiger partial charge in [-0.15, -0.1) is 0 Å². The molecule has 4 nitrogen and oxygen atoms in total. The van der Waals surface area contributed by atoms with Gasteiger partial charge in [0.25, 0.3) is 5.91 Å². The quantitative estimate of drug-likeness (QED) is 0.633. The van der Waals surface area contributed by atoms with Gasteiger partial charge in [-0.25, -0.2) is 8.78 Å². The zero-order chi connectivity index (χ0) is 21.1. The average molecular weight is 419 g/mol. The lowest BCUT2D eigenvalue weighted by Gasteiger charge is -2.13. The Bertz CT molecular complexity index is 1030. The summed E-state index contributed by atoms with van der Waals surface area (Å²) in [7, 11) is 4.01. The number of hydrogen-bond donors (Lipinski definition) is 2. The number of likely N-dealkylation sites (N-methyl/N-ethyl adjacent to an activating group) is 1. The van der Waals surface area contributed by atoms with E-state index in [1.807, 2.05) is 14.1 Å². The van der Waals surface area contributed by atoms with Crippen molar-refractivity contribution in [2.45, 2.75) is 6.92 Å². The molecule has 2 aromatic carbocycles. The number of rotatable bonds is 6. The van der Waals surface area contributed by atoms with Gasteiger partial charge < -0.3 is 14.8 Å². The van der Waals surface area contributed by atoms with Crippen molar-refractivity contribution in [3.63, 3.8) is 0 Å². The standard InChI is InChI=1S/C22H22ClF2N3O/c1-14-18(22(29)26-10-11-27(2)3)13-21(15-4-6-16(23)7-5-15)28(14)20-9-8-17(24)12-19(20)25/h4-9,12-13H,10-11H2,1-3H3,(H,26,29)/p+1. The van der Waals surface area contributed by atoms with Gasteiger partial charge in [-0.2, -0.15) is 0 Å². The van der Waals surface area contributed by atoms with Crippen LogP contribution in [0.3, 0.4) is 0 Å². The molecule has 0 atom stereocenters. The van der Waals surface area contributed by atoms with Gasteiger partial charge in [-0.1, -0.05) is 23.7 Å². The van der Waals surface area contributed by atoms with Crippen molar-refractivity contribution in [3.8, 4) is 16.9 Å². The Hall–Kier alpha value is -2.70. The van der Waals surface area contributed by atoms with E-state index in [1.54, 1.807) is 41.8 Å². The molecule has 2 N–H and O–H groups in total. The second kappa shape index (κ2) is 8.76. The van der Waals surface area contributed by atoms with Crippen LogP contribution in [0.15, 0.2) is 48.5 Å². The Labute approximate surface area is 173 Å². The van der Waals surface area contributed by atoms with E-state index in [0.29, 0.717) is 28.5 Å². The Kier molecular flexibility index (Phi) is 6.35. The van der Waals surface area contributed by atoms with Crippen molar-refractivity contribution in [2.24, 2.45) is 0 Å². The van der Waals surface area contributed by atoms with Crippen molar-refractivity contribution in [1.29, 1.82) is 0 Å². The summed E-state index contributed by atoms with van der Waals surface area (Å²) in [6, 6.07) is 12.2. The van der Waals surface area contributed by atoms with Crippen molar-refractivity contribution >= 4 is 17.5 Å². The monoisotopic (exact) mass is 418 g/mol. The van der Waals surface area contributed by atoms with Crippen LogP contribution in [0.2, 0.25) is 5.02 Å². The first-order valence-electron chi connectivity index (χ1n) is 9.29. The first-order chi connectivity index (χ1) is 13.8. The molecule has 0 aliphatic heterocycles. The van der Waals surface area contributed by atoms with Crippen LogP contribution in [0.5, 0.6) is 0 Å². The van der Waals surface area contributed by atoms with Gasteiger partial charge in [0.05, 0.1) is 44.1 Å². The van der Waals surface area contributed by atoms with Gasteiger partial charge in [-0.05, 0) is 42.8 Å². The van der Waals surface area contributed by atoms with Gasteiger partial charge in [0.1, 0.15) is 11.6 Å². The molecule has 0 aliphatic rings. The maximum Gasteiger partial charge on any atom is 0.253 e. The van der Waals surface area contributed by atoms with Crippen molar-refractivity contribution in [2.75, 3.05) is 27.2 Å². The average Bonchev–Trinajstić information content (AvgIpc) is 2.99. The molecule has 1 heterocycles. The molecule has 0 saturated heterocycles. The molecule has 0 fully saturated rings. The number of hydrogen-bond acceptors (Lipinski definition) is 1. The molecule has 0 unspecified atom stereocenters. The minimum absolute atomic E-state index is 0.172. The molecule has 152 valence electrons. The van der Waals surface area contributed by atoms with Gasteiger partial charge in [0.15, 0.2) is 0 Å². The fourth-order valence-electron chi connectivity index (χ4n) is 3.16. The lowest BCUT2D eigenvalue weighted by atomic mass is 10.1. The first kappa shape index (κ1) is 21.0. The van der Waals surface area contributed by atoms with Crippen LogP contribution in [-0.4, -0.2) is 37.7 Å². The highest BCUT2D eigenvalue weighted by Crippen LogP contribution is 2.31. The molecule has 0 saturated carbocycles. The second-order valence-electron chi connectivity index (χ2n) is 7.18. The summed E-state index contributed by atoms with van der Waals surface area (Å²) in [5, 5.41) is 3.47. The molecular weight excluding hydrogens is 396 g/mol. The molecule has 0 aliphatic carbocycles. The van der Waals surface area contributed by atoms with Crippen LogP contribution >= 0.6 is 11.6 Å². The third kappa shape index (κ3) is 4.66. The SMILES string of the molecule is Cc1c(C(=O)NCC[NH+](C)C)cc(-c2ccc(Cl)cc2)n1-c1ccc(F)cc1F. The molecule has 1 amide bonds. The topological polar surface area (TPSA) is 38.5 Å². The normalized spacial score (nSPS) is 11.1.